The third-order valence-corrected chi connectivity index (χ3v) is 5.17. The SMILES string of the molecule is N#CCC(=O)N1CCC[C@@H](n2c(=O)n(-c3ccccc3)c3c(N)nccc32)C1. The fourth-order valence-corrected chi connectivity index (χ4v) is 3.93. The molecule has 2 aromatic heterocycles. The number of benzene rings is 1. The Kier molecular flexibility index (Phi) is 4.57. The standard InChI is InChI=1S/C20H20N6O2/c21-10-8-17(27)24-12-4-7-15(13-24)25-16-9-11-23-19(22)18(16)26(20(25)28)14-5-2-1-3-6-14/h1-3,5-6,9,11,15H,4,7-8,12-13H2,(H2,22,23)/t15-/m1/s1. The van der Waals surface area contributed by atoms with E-state index in [0.29, 0.717) is 29.8 Å². The number of piperidine rings is 1. The summed E-state index contributed by atoms with van der Waals surface area (Å²) in [6, 6.07) is 12.8. The molecule has 8 heteroatoms. The van der Waals surface area contributed by atoms with Crippen LogP contribution in [0.25, 0.3) is 16.7 Å². The first kappa shape index (κ1) is 17.8. The number of nitrogen functional groups attached to an aromatic ring is 1. The van der Waals surface area contributed by atoms with E-state index in [0.717, 1.165) is 12.8 Å². The Morgan fingerprint density at radius 2 is 2.07 bits per heavy atom. The molecule has 28 heavy (non-hydrogen) atoms. The summed E-state index contributed by atoms with van der Waals surface area (Å²) in [6.07, 6.45) is 2.98. The first-order chi connectivity index (χ1) is 13.6. The summed E-state index contributed by atoms with van der Waals surface area (Å²) < 4.78 is 3.29. The predicted molar refractivity (Wildman–Crippen MR) is 105 cm³/mol. The highest BCUT2D eigenvalue weighted by molar-refractivity contribution is 5.87. The Bertz CT molecular complexity index is 1130. The molecule has 3 heterocycles. The summed E-state index contributed by atoms with van der Waals surface area (Å²) in [5, 5.41) is 8.82. The zero-order valence-electron chi connectivity index (χ0n) is 15.3. The number of para-hydroxylation sites is 1. The maximum Gasteiger partial charge on any atom is 0.334 e. The Balaban J connectivity index is 1.86. The molecule has 1 atom stereocenters. The van der Waals surface area contributed by atoms with Crippen LogP contribution in [0, 0.1) is 11.3 Å². The van der Waals surface area contributed by atoms with Gasteiger partial charge in [-0.3, -0.25) is 13.9 Å². The third-order valence-electron chi connectivity index (χ3n) is 5.17. The summed E-state index contributed by atoms with van der Waals surface area (Å²) >= 11 is 0. The van der Waals surface area contributed by atoms with Crippen molar-refractivity contribution in [1.29, 1.82) is 5.26 Å². The van der Waals surface area contributed by atoms with Crippen molar-refractivity contribution in [2.75, 3.05) is 18.8 Å². The minimum absolute atomic E-state index is 0.149. The van der Waals surface area contributed by atoms with Crippen LogP contribution in [0.4, 0.5) is 5.82 Å². The fourth-order valence-electron chi connectivity index (χ4n) is 3.93. The van der Waals surface area contributed by atoms with E-state index >= 15 is 0 Å². The predicted octanol–water partition coefficient (Wildman–Crippen LogP) is 1.85. The number of hydrogen-bond acceptors (Lipinski definition) is 5. The van der Waals surface area contributed by atoms with Crippen LogP contribution < -0.4 is 11.4 Å². The number of nitrogens with two attached hydrogens (primary N) is 1. The molecular formula is C20H20N6O2. The second-order valence-corrected chi connectivity index (χ2v) is 6.86. The van der Waals surface area contributed by atoms with Crippen molar-refractivity contribution in [3.8, 4) is 11.8 Å². The van der Waals surface area contributed by atoms with Crippen LogP contribution in [-0.4, -0.2) is 38.0 Å². The van der Waals surface area contributed by atoms with Crippen LogP contribution in [0.15, 0.2) is 47.4 Å². The fraction of sp³-hybridized carbons (Fsp3) is 0.300. The van der Waals surface area contributed by atoms with Gasteiger partial charge in [-0.1, -0.05) is 18.2 Å². The number of nitrogens with zero attached hydrogens (tertiary/aromatic N) is 5. The molecule has 1 amide bonds. The van der Waals surface area contributed by atoms with E-state index in [1.807, 2.05) is 36.4 Å². The van der Waals surface area contributed by atoms with E-state index in [9.17, 15) is 9.59 Å². The average Bonchev–Trinajstić information content (AvgIpc) is 3.02. The number of pyridine rings is 1. The molecule has 0 spiro atoms. The number of fused-ring (bicyclic) bond motifs is 1. The molecule has 8 nitrogen and oxygen atoms in total. The number of aromatic nitrogens is 3. The van der Waals surface area contributed by atoms with Gasteiger partial charge in [0.1, 0.15) is 17.8 Å². The molecule has 0 saturated carbocycles. The monoisotopic (exact) mass is 376 g/mol. The van der Waals surface area contributed by atoms with E-state index in [-0.39, 0.29) is 29.9 Å². The van der Waals surface area contributed by atoms with Gasteiger partial charge in [-0.25, -0.2) is 9.78 Å². The van der Waals surface area contributed by atoms with Crippen molar-refractivity contribution in [3.05, 3.63) is 53.1 Å². The highest BCUT2D eigenvalue weighted by Gasteiger charge is 2.29. The summed E-state index contributed by atoms with van der Waals surface area (Å²) in [6.45, 7) is 1.00. The average molecular weight is 376 g/mol. The molecule has 1 fully saturated rings. The summed E-state index contributed by atoms with van der Waals surface area (Å²) in [4.78, 5) is 31.4. The molecule has 2 N–H and O–H groups in total. The highest BCUT2D eigenvalue weighted by atomic mass is 16.2. The number of rotatable bonds is 3. The number of likely N-dealkylation sites (tertiary alicyclic amines) is 1. The molecule has 142 valence electrons. The molecule has 3 aromatic rings. The molecule has 0 bridgehead atoms. The van der Waals surface area contributed by atoms with Crippen molar-refractivity contribution in [2.24, 2.45) is 0 Å². The van der Waals surface area contributed by atoms with Crippen LogP contribution in [-0.2, 0) is 4.79 Å². The van der Waals surface area contributed by atoms with Gasteiger partial charge in [-0.15, -0.1) is 0 Å². The maximum atomic E-state index is 13.4. The largest absolute Gasteiger partial charge is 0.382 e. The van der Waals surface area contributed by atoms with E-state index in [1.165, 1.54) is 0 Å². The molecule has 0 radical (unpaired) electrons. The normalized spacial score (nSPS) is 16.8. The molecule has 1 saturated heterocycles. The van der Waals surface area contributed by atoms with Crippen LogP contribution in [0.5, 0.6) is 0 Å². The maximum absolute atomic E-state index is 13.4. The number of carbonyl (C=O) groups excluding carboxylic acids is 1. The quantitative estimate of drug-likeness (QED) is 0.750. The first-order valence-electron chi connectivity index (χ1n) is 9.19. The van der Waals surface area contributed by atoms with Gasteiger partial charge < -0.3 is 10.6 Å². The van der Waals surface area contributed by atoms with Crippen molar-refractivity contribution >= 4 is 22.8 Å². The minimum atomic E-state index is -0.208. The number of amides is 1. The van der Waals surface area contributed by atoms with Gasteiger partial charge in [0.15, 0.2) is 0 Å². The Hall–Kier alpha value is -3.60. The lowest BCUT2D eigenvalue weighted by Gasteiger charge is -2.33. The van der Waals surface area contributed by atoms with Crippen molar-refractivity contribution in [3.63, 3.8) is 0 Å². The van der Waals surface area contributed by atoms with Crippen LogP contribution in [0.2, 0.25) is 0 Å². The number of carbonyl (C=O) groups is 1. The number of anilines is 1. The van der Waals surface area contributed by atoms with Crippen LogP contribution >= 0.6 is 0 Å². The molecule has 1 aromatic carbocycles. The molecule has 0 unspecified atom stereocenters. The van der Waals surface area contributed by atoms with Gasteiger partial charge >= 0.3 is 5.69 Å². The van der Waals surface area contributed by atoms with Crippen molar-refractivity contribution in [2.45, 2.75) is 25.3 Å². The summed E-state index contributed by atoms with van der Waals surface area (Å²) in [5.41, 5.74) is 7.90. The third kappa shape index (κ3) is 2.91. The lowest BCUT2D eigenvalue weighted by atomic mass is 10.0. The molecular weight excluding hydrogens is 356 g/mol. The lowest BCUT2D eigenvalue weighted by molar-refractivity contribution is -0.131. The Morgan fingerprint density at radius 1 is 1.29 bits per heavy atom. The van der Waals surface area contributed by atoms with Gasteiger partial charge in [0.25, 0.3) is 0 Å². The topological polar surface area (TPSA) is 110 Å². The second-order valence-electron chi connectivity index (χ2n) is 6.86. The summed E-state index contributed by atoms with van der Waals surface area (Å²) in [5.74, 6) is 0.0821. The molecule has 1 aliphatic rings. The van der Waals surface area contributed by atoms with Crippen LogP contribution in [0.3, 0.4) is 0 Å². The van der Waals surface area contributed by atoms with E-state index in [4.69, 9.17) is 11.0 Å². The number of imidazole rings is 1. The Labute approximate surface area is 161 Å². The Morgan fingerprint density at radius 3 is 2.82 bits per heavy atom. The van der Waals surface area contributed by atoms with Crippen molar-refractivity contribution < 1.29 is 4.79 Å². The smallest absolute Gasteiger partial charge is 0.334 e. The van der Waals surface area contributed by atoms with Gasteiger partial charge in [-0.05, 0) is 31.0 Å². The molecule has 1 aliphatic heterocycles. The first-order valence-corrected chi connectivity index (χ1v) is 9.19. The summed E-state index contributed by atoms with van der Waals surface area (Å²) in [7, 11) is 0. The minimum Gasteiger partial charge on any atom is -0.382 e. The van der Waals surface area contributed by atoms with E-state index in [2.05, 4.69) is 4.98 Å². The lowest BCUT2D eigenvalue weighted by Crippen LogP contribution is -2.42. The molecule has 4 rings (SSSR count). The van der Waals surface area contributed by atoms with Gasteiger partial charge in [-0.2, -0.15) is 5.26 Å². The second kappa shape index (κ2) is 7.19. The van der Waals surface area contributed by atoms with E-state index in [1.54, 1.807) is 26.3 Å². The van der Waals surface area contributed by atoms with Gasteiger partial charge in [0.2, 0.25) is 5.91 Å². The van der Waals surface area contributed by atoms with Gasteiger partial charge in [0.05, 0.1) is 23.3 Å². The number of nitriles is 1. The number of hydrogen-bond donors (Lipinski definition) is 1. The van der Waals surface area contributed by atoms with Crippen LogP contribution in [0.1, 0.15) is 25.3 Å². The van der Waals surface area contributed by atoms with Gasteiger partial charge in [0, 0.05) is 19.3 Å². The van der Waals surface area contributed by atoms with Crippen molar-refractivity contribution in [1.82, 2.24) is 19.0 Å². The highest BCUT2D eigenvalue weighted by Crippen LogP contribution is 2.28. The molecule has 0 aliphatic carbocycles. The zero-order chi connectivity index (χ0) is 19.7. The van der Waals surface area contributed by atoms with E-state index < -0.39 is 0 Å². The zero-order valence-corrected chi connectivity index (χ0v) is 15.3.